The molecule has 2 heterocycles. The standard InChI is InChI=1S/C29H36ClFN6O2/c1-18(32)3-2-4-20-13-24(27(31)25(30)14-20)26-15-21-17-37(29(39)36-28(21)35-26)23-7-5-19(6-8-23)16-34-11-9-22(33)10-12-38/h5-8,13-15,17-18,22,34,38H,2-4,9-12,16,32-33H2,1H3,(H,35,36,39)/t18-,22+/m0/s1. The third-order valence-electron chi connectivity index (χ3n) is 6.75. The Morgan fingerprint density at radius 1 is 1.13 bits per heavy atom. The molecule has 2 aromatic heterocycles. The van der Waals surface area contributed by atoms with Gasteiger partial charge < -0.3 is 26.9 Å². The van der Waals surface area contributed by atoms with E-state index in [0.717, 1.165) is 43.4 Å². The Hall–Kier alpha value is -3.08. The molecule has 0 aliphatic heterocycles. The number of nitrogens with two attached hydrogens (primary N) is 2. The summed E-state index contributed by atoms with van der Waals surface area (Å²) in [5.41, 5.74) is 15.2. The molecule has 0 saturated heterocycles. The first-order valence-electron chi connectivity index (χ1n) is 13.3. The zero-order chi connectivity index (χ0) is 27.9. The minimum absolute atomic E-state index is 0.0178. The second-order valence-electron chi connectivity index (χ2n) is 10.1. The fourth-order valence-electron chi connectivity index (χ4n) is 4.54. The Labute approximate surface area is 232 Å². The summed E-state index contributed by atoms with van der Waals surface area (Å²) in [6.07, 6.45) is 5.56. The van der Waals surface area contributed by atoms with Crippen molar-refractivity contribution in [2.45, 2.75) is 57.7 Å². The first-order chi connectivity index (χ1) is 18.7. The number of nitrogens with zero attached hydrogens (tertiary/aromatic N) is 2. The lowest BCUT2D eigenvalue weighted by atomic mass is 10.0. The molecule has 2 atom stereocenters. The van der Waals surface area contributed by atoms with Crippen molar-refractivity contribution in [2.75, 3.05) is 13.2 Å². The molecule has 4 aromatic rings. The molecule has 0 saturated carbocycles. The van der Waals surface area contributed by atoms with Crippen molar-refractivity contribution < 1.29 is 9.50 Å². The van der Waals surface area contributed by atoms with E-state index in [4.69, 9.17) is 28.2 Å². The van der Waals surface area contributed by atoms with Crippen molar-refractivity contribution in [3.05, 3.63) is 81.1 Å². The molecule has 0 fully saturated rings. The number of H-pyrrole nitrogens is 1. The zero-order valence-electron chi connectivity index (χ0n) is 22.1. The second kappa shape index (κ2) is 13.3. The molecular formula is C29H36ClFN6O2. The number of hydrogen-bond acceptors (Lipinski definition) is 6. The van der Waals surface area contributed by atoms with Crippen molar-refractivity contribution >= 4 is 22.6 Å². The van der Waals surface area contributed by atoms with Crippen molar-refractivity contribution in [1.29, 1.82) is 0 Å². The van der Waals surface area contributed by atoms with Crippen LogP contribution in [0, 0.1) is 5.82 Å². The Morgan fingerprint density at radius 3 is 2.62 bits per heavy atom. The third-order valence-corrected chi connectivity index (χ3v) is 7.02. The van der Waals surface area contributed by atoms with E-state index in [-0.39, 0.29) is 23.7 Å². The maximum absolute atomic E-state index is 15.0. The summed E-state index contributed by atoms with van der Waals surface area (Å²) in [5.74, 6) is -0.519. The molecule has 0 radical (unpaired) electrons. The van der Waals surface area contributed by atoms with Crippen LogP contribution in [-0.4, -0.2) is 44.9 Å². The molecule has 7 N–H and O–H groups in total. The van der Waals surface area contributed by atoms with Gasteiger partial charge >= 0.3 is 5.69 Å². The average molecular weight is 555 g/mol. The summed E-state index contributed by atoms with van der Waals surface area (Å²) < 4.78 is 16.5. The molecular weight excluding hydrogens is 519 g/mol. The average Bonchev–Trinajstić information content (AvgIpc) is 3.31. The van der Waals surface area contributed by atoms with Gasteiger partial charge in [-0.2, -0.15) is 4.98 Å². The molecule has 0 spiro atoms. The predicted molar refractivity (Wildman–Crippen MR) is 155 cm³/mol. The fourth-order valence-corrected chi connectivity index (χ4v) is 4.78. The van der Waals surface area contributed by atoms with Crippen LogP contribution in [0.4, 0.5) is 4.39 Å². The number of aliphatic hydroxyl groups excluding tert-OH is 1. The summed E-state index contributed by atoms with van der Waals surface area (Å²) in [6.45, 7) is 3.47. The molecule has 4 rings (SSSR count). The minimum Gasteiger partial charge on any atom is -0.396 e. The van der Waals surface area contributed by atoms with Crippen LogP contribution in [0.3, 0.4) is 0 Å². The highest BCUT2D eigenvalue weighted by Gasteiger charge is 2.15. The molecule has 0 unspecified atom stereocenters. The summed E-state index contributed by atoms with van der Waals surface area (Å²) >= 11 is 6.22. The van der Waals surface area contributed by atoms with E-state index < -0.39 is 11.5 Å². The van der Waals surface area contributed by atoms with Gasteiger partial charge in [0.2, 0.25) is 0 Å². The molecule has 2 aromatic carbocycles. The summed E-state index contributed by atoms with van der Waals surface area (Å²) in [4.78, 5) is 20.1. The van der Waals surface area contributed by atoms with E-state index in [9.17, 15) is 4.79 Å². The number of benzene rings is 2. The Kier molecular flexibility index (Phi) is 9.88. The lowest BCUT2D eigenvalue weighted by Crippen LogP contribution is -2.27. The highest BCUT2D eigenvalue weighted by atomic mass is 35.5. The van der Waals surface area contributed by atoms with Gasteiger partial charge in [-0.25, -0.2) is 9.18 Å². The van der Waals surface area contributed by atoms with E-state index in [1.807, 2.05) is 31.2 Å². The number of aromatic nitrogens is 3. The van der Waals surface area contributed by atoms with Crippen LogP contribution >= 0.6 is 11.6 Å². The molecule has 8 nitrogen and oxygen atoms in total. The molecule has 0 aliphatic rings. The van der Waals surface area contributed by atoms with Gasteiger partial charge in [0.05, 0.1) is 16.4 Å². The lowest BCUT2D eigenvalue weighted by molar-refractivity contribution is 0.272. The Bertz CT molecular complexity index is 1450. The zero-order valence-corrected chi connectivity index (χ0v) is 22.8. The molecule has 0 amide bonds. The van der Waals surface area contributed by atoms with Crippen LogP contribution in [-0.2, 0) is 13.0 Å². The predicted octanol–water partition coefficient (Wildman–Crippen LogP) is 4.03. The summed E-state index contributed by atoms with van der Waals surface area (Å²) in [7, 11) is 0. The number of aliphatic hydroxyl groups is 1. The highest BCUT2D eigenvalue weighted by molar-refractivity contribution is 6.31. The number of hydrogen-bond donors (Lipinski definition) is 5. The second-order valence-corrected chi connectivity index (χ2v) is 10.5. The maximum Gasteiger partial charge on any atom is 0.354 e. The first-order valence-corrected chi connectivity index (χ1v) is 13.7. The first kappa shape index (κ1) is 28.9. The number of aryl methyl sites for hydroxylation is 1. The molecule has 0 aliphatic carbocycles. The van der Waals surface area contributed by atoms with Crippen LogP contribution in [0.25, 0.3) is 28.0 Å². The van der Waals surface area contributed by atoms with Crippen LogP contribution in [0.5, 0.6) is 0 Å². The minimum atomic E-state index is -0.519. The van der Waals surface area contributed by atoms with Crippen LogP contribution < -0.4 is 22.5 Å². The molecule has 208 valence electrons. The third kappa shape index (κ3) is 7.52. The van der Waals surface area contributed by atoms with Gasteiger partial charge in [-0.05, 0) is 87.0 Å². The van der Waals surface area contributed by atoms with Crippen LogP contribution in [0.2, 0.25) is 5.02 Å². The summed E-state index contributed by atoms with van der Waals surface area (Å²) in [5, 5.41) is 13.0. The number of aromatic amines is 1. The number of fused-ring (bicyclic) bond motifs is 1. The van der Waals surface area contributed by atoms with Crippen molar-refractivity contribution in [2.24, 2.45) is 11.5 Å². The van der Waals surface area contributed by atoms with E-state index in [2.05, 4.69) is 15.3 Å². The Balaban J connectivity index is 1.51. The van der Waals surface area contributed by atoms with Crippen LogP contribution in [0.15, 0.2) is 53.5 Å². The Morgan fingerprint density at radius 2 is 1.90 bits per heavy atom. The number of nitrogens with one attached hydrogen (secondary N) is 2. The largest absolute Gasteiger partial charge is 0.396 e. The molecule has 10 heteroatoms. The SMILES string of the molecule is C[C@H](N)CCCc1cc(Cl)c(F)c(-c2cc3cn(-c4ccc(CNCC[C@@H](N)CCO)cc4)c(=O)nc3[nH]2)c1. The number of rotatable bonds is 13. The topological polar surface area (TPSA) is 135 Å². The van der Waals surface area contributed by atoms with Gasteiger partial charge in [0.15, 0.2) is 5.82 Å². The van der Waals surface area contributed by atoms with E-state index in [0.29, 0.717) is 40.9 Å². The van der Waals surface area contributed by atoms with Gasteiger partial charge in [-0.15, -0.1) is 0 Å². The van der Waals surface area contributed by atoms with Gasteiger partial charge in [-0.3, -0.25) is 4.57 Å². The van der Waals surface area contributed by atoms with Crippen molar-refractivity contribution in [3.8, 4) is 16.9 Å². The monoisotopic (exact) mass is 554 g/mol. The lowest BCUT2D eigenvalue weighted by Gasteiger charge is -2.11. The van der Waals surface area contributed by atoms with Crippen molar-refractivity contribution in [3.63, 3.8) is 0 Å². The highest BCUT2D eigenvalue weighted by Crippen LogP contribution is 2.31. The van der Waals surface area contributed by atoms with Gasteiger partial charge in [0.1, 0.15) is 5.65 Å². The maximum atomic E-state index is 15.0. The molecule has 0 bridgehead atoms. The normalized spacial score (nSPS) is 13.2. The van der Waals surface area contributed by atoms with Gasteiger partial charge in [0, 0.05) is 42.4 Å². The van der Waals surface area contributed by atoms with E-state index >= 15 is 4.39 Å². The van der Waals surface area contributed by atoms with Crippen molar-refractivity contribution in [1.82, 2.24) is 19.9 Å². The van der Waals surface area contributed by atoms with Gasteiger partial charge in [0.25, 0.3) is 0 Å². The fraction of sp³-hybridized carbons (Fsp3) is 0.379. The van der Waals surface area contributed by atoms with Gasteiger partial charge in [-0.1, -0.05) is 23.7 Å². The smallest absolute Gasteiger partial charge is 0.354 e. The van der Waals surface area contributed by atoms with E-state index in [1.54, 1.807) is 24.4 Å². The molecule has 39 heavy (non-hydrogen) atoms. The quantitative estimate of drug-likeness (QED) is 0.158. The number of halogens is 2. The van der Waals surface area contributed by atoms with Crippen LogP contribution in [0.1, 0.15) is 43.7 Å². The van der Waals surface area contributed by atoms with E-state index in [1.165, 1.54) is 4.57 Å². The summed E-state index contributed by atoms with van der Waals surface area (Å²) in [6, 6.07) is 12.9.